The van der Waals surface area contributed by atoms with E-state index in [1.165, 1.54) is 10.4 Å². The van der Waals surface area contributed by atoms with Crippen molar-refractivity contribution >= 4 is 15.9 Å². The van der Waals surface area contributed by atoms with E-state index < -0.39 is 10.0 Å². The van der Waals surface area contributed by atoms with Crippen molar-refractivity contribution in [2.45, 2.75) is 51.2 Å². The summed E-state index contributed by atoms with van der Waals surface area (Å²) in [4.78, 5) is 13.0. The quantitative estimate of drug-likeness (QED) is 0.671. The highest BCUT2D eigenvalue weighted by Gasteiger charge is 2.28. The molecule has 0 atom stereocenters. The number of hydrogen-bond donors (Lipinski definition) is 1. The standard InChI is InChI=1S/C23H30N2O5S/c1-16(2)30-21-10-8-18(13-22(21)29-4)15-24-23(26)20-14-19(9-7-17(20)3)31(27,28)25-11-5-6-12-25/h7-10,13-14,16H,5-6,11-12,15H2,1-4H3,(H,24,26). The third kappa shape index (κ3) is 5.37. The van der Waals surface area contributed by atoms with Crippen molar-refractivity contribution in [2.75, 3.05) is 20.2 Å². The molecule has 0 aromatic heterocycles. The van der Waals surface area contributed by atoms with Crippen LogP contribution in [0.3, 0.4) is 0 Å². The van der Waals surface area contributed by atoms with Gasteiger partial charge in [0.05, 0.1) is 18.1 Å². The lowest BCUT2D eigenvalue weighted by Crippen LogP contribution is -2.29. The van der Waals surface area contributed by atoms with Crippen LogP contribution < -0.4 is 14.8 Å². The summed E-state index contributed by atoms with van der Waals surface area (Å²) in [6.45, 7) is 7.00. The molecule has 7 nitrogen and oxygen atoms in total. The van der Waals surface area contributed by atoms with Crippen LogP contribution in [0.2, 0.25) is 0 Å². The number of amides is 1. The van der Waals surface area contributed by atoms with Crippen molar-refractivity contribution < 1.29 is 22.7 Å². The van der Waals surface area contributed by atoms with Crippen LogP contribution in [0.1, 0.15) is 48.2 Å². The van der Waals surface area contributed by atoms with Gasteiger partial charge in [0.25, 0.3) is 5.91 Å². The maximum Gasteiger partial charge on any atom is 0.251 e. The van der Waals surface area contributed by atoms with Crippen LogP contribution >= 0.6 is 0 Å². The summed E-state index contributed by atoms with van der Waals surface area (Å²) in [7, 11) is -2.01. The zero-order chi connectivity index (χ0) is 22.6. The highest BCUT2D eigenvalue weighted by Crippen LogP contribution is 2.29. The molecule has 1 aliphatic heterocycles. The summed E-state index contributed by atoms with van der Waals surface area (Å²) in [5, 5.41) is 2.87. The van der Waals surface area contributed by atoms with Crippen LogP contribution in [-0.2, 0) is 16.6 Å². The molecular weight excluding hydrogens is 416 g/mol. The van der Waals surface area contributed by atoms with Crippen LogP contribution in [0.5, 0.6) is 11.5 Å². The van der Waals surface area contributed by atoms with E-state index in [0.717, 1.165) is 24.0 Å². The Bertz CT molecular complexity index is 1040. The van der Waals surface area contributed by atoms with Crippen molar-refractivity contribution in [2.24, 2.45) is 0 Å². The second kappa shape index (κ2) is 9.70. The number of carbonyl (C=O) groups excluding carboxylic acids is 1. The molecule has 1 fully saturated rings. The van der Waals surface area contributed by atoms with Crippen LogP contribution in [-0.4, -0.2) is 44.9 Å². The third-order valence-electron chi connectivity index (χ3n) is 5.20. The second-order valence-corrected chi connectivity index (χ2v) is 9.86. The first-order chi connectivity index (χ1) is 14.7. The number of nitrogens with one attached hydrogen (secondary N) is 1. The van der Waals surface area contributed by atoms with E-state index in [0.29, 0.717) is 30.2 Å². The minimum absolute atomic E-state index is 0.0199. The molecule has 1 heterocycles. The van der Waals surface area contributed by atoms with Gasteiger partial charge in [-0.3, -0.25) is 4.79 Å². The summed E-state index contributed by atoms with van der Waals surface area (Å²) in [6, 6.07) is 10.2. The van der Waals surface area contributed by atoms with E-state index in [-0.39, 0.29) is 23.5 Å². The Morgan fingerprint density at radius 1 is 1.10 bits per heavy atom. The summed E-state index contributed by atoms with van der Waals surface area (Å²) in [6.07, 6.45) is 1.75. The van der Waals surface area contributed by atoms with Crippen LogP contribution in [0.15, 0.2) is 41.3 Å². The number of ether oxygens (including phenoxy) is 2. The fraction of sp³-hybridized carbons (Fsp3) is 0.435. The van der Waals surface area contributed by atoms with Gasteiger partial charge in [-0.25, -0.2) is 8.42 Å². The lowest BCUT2D eigenvalue weighted by Gasteiger charge is -2.17. The van der Waals surface area contributed by atoms with Gasteiger partial charge in [-0.1, -0.05) is 12.1 Å². The topological polar surface area (TPSA) is 84.9 Å². The van der Waals surface area contributed by atoms with E-state index in [2.05, 4.69) is 5.32 Å². The molecule has 0 saturated carbocycles. The number of sulfonamides is 1. The van der Waals surface area contributed by atoms with Gasteiger partial charge >= 0.3 is 0 Å². The Labute approximate surface area is 184 Å². The molecule has 0 spiro atoms. The third-order valence-corrected chi connectivity index (χ3v) is 7.09. The molecule has 2 aromatic carbocycles. The molecule has 1 N–H and O–H groups in total. The van der Waals surface area contributed by atoms with Crippen molar-refractivity contribution in [1.82, 2.24) is 9.62 Å². The summed E-state index contributed by atoms with van der Waals surface area (Å²) in [5.41, 5.74) is 1.92. The molecule has 1 amide bonds. The van der Waals surface area contributed by atoms with E-state index in [9.17, 15) is 13.2 Å². The zero-order valence-corrected chi connectivity index (χ0v) is 19.3. The Balaban J connectivity index is 1.75. The largest absolute Gasteiger partial charge is 0.493 e. The maximum absolute atomic E-state index is 12.8. The van der Waals surface area contributed by atoms with Gasteiger partial charge in [-0.05, 0) is 69.0 Å². The average Bonchev–Trinajstić information content (AvgIpc) is 3.28. The summed E-state index contributed by atoms with van der Waals surface area (Å²) >= 11 is 0. The van der Waals surface area contributed by atoms with Crippen molar-refractivity contribution in [3.63, 3.8) is 0 Å². The van der Waals surface area contributed by atoms with Gasteiger partial charge in [-0.2, -0.15) is 4.31 Å². The fourth-order valence-corrected chi connectivity index (χ4v) is 5.08. The summed E-state index contributed by atoms with van der Waals surface area (Å²) < 4.78 is 38.3. The number of methoxy groups -OCH3 is 1. The minimum Gasteiger partial charge on any atom is -0.493 e. The smallest absolute Gasteiger partial charge is 0.251 e. The Kier molecular flexibility index (Phi) is 7.23. The number of nitrogens with zero attached hydrogens (tertiary/aromatic N) is 1. The lowest BCUT2D eigenvalue weighted by atomic mass is 10.1. The molecule has 0 radical (unpaired) electrons. The first-order valence-electron chi connectivity index (χ1n) is 10.4. The monoisotopic (exact) mass is 446 g/mol. The van der Waals surface area contributed by atoms with Gasteiger partial charge in [0.15, 0.2) is 11.5 Å². The SMILES string of the molecule is COc1cc(CNC(=O)c2cc(S(=O)(=O)N3CCCC3)ccc2C)ccc1OC(C)C. The fourth-order valence-electron chi connectivity index (χ4n) is 3.53. The van der Waals surface area contributed by atoms with Gasteiger partial charge in [0.2, 0.25) is 10.0 Å². The first kappa shape index (κ1) is 23.1. The number of benzene rings is 2. The predicted octanol–water partition coefficient (Wildman–Crippen LogP) is 3.51. The van der Waals surface area contributed by atoms with Gasteiger partial charge < -0.3 is 14.8 Å². The maximum atomic E-state index is 12.8. The van der Waals surface area contributed by atoms with Crippen molar-refractivity contribution in [3.8, 4) is 11.5 Å². The normalized spacial score (nSPS) is 14.6. The van der Waals surface area contributed by atoms with Crippen molar-refractivity contribution in [3.05, 3.63) is 53.1 Å². The highest BCUT2D eigenvalue weighted by molar-refractivity contribution is 7.89. The highest BCUT2D eigenvalue weighted by atomic mass is 32.2. The second-order valence-electron chi connectivity index (χ2n) is 7.92. The van der Waals surface area contributed by atoms with Gasteiger partial charge in [0, 0.05) is 25.2 Å². The van der Waals surface area contributed by atoms with Crippen LogP contribution in [0.4, 0.5) is 0 Å². The number of carbonyl (C=O) groups is 1. The molecule has 31 heavy (non-hydrogen) atoms. The van der Waals surface area contributed by atoms with Gasteiger partial charge in [0.1, 0.15) is 0 Å². The Hall–Kier alpha value is -2.58. The zero-order valence-electron chi connectivity index (χ0n) is 18.5. The molecule has 8 heteroatoms. The molecule has 1 saturated heterocycles. The van der Waals surface area contributed by atoms with Gasteiger partial charge in [-0.15, -0.1) is 0 Å². The molecule has 0 aliphatic carbocycles. The van der Waals surface area contributed by atoms with E-state index in [1.807, 2.05) is 32.0 Å². The van der Waals surface area contributed by atoms with E-state index in [4.69, 9.17) is 9.47 Å². The predicted molar refractivity (Wildman–Crippen MR) is 119 cm³/mol. The van der Waals surface area contributed by atoms with E-state index in [1.54, 1.807) is 26.2 Å². The first-order valence-corrected chi connectivity index (χ1v) is 11.9. The van der Waals surface area contributed by atoms with E-state index >= 15 is 0 Å². The lowest BCUT2D eigenvalue weighted by molar-refractivity contribution is 0.0950. The molecule has 0 unspecified atom stereocenters. The Morgan fingerprint density at radius 2 is 1.81 bits per heavy atom. The molecule has 2 aromatic rings. The average molecular weight is 447 g/mol. The number of hydrogen-bond acceptors (Lipinski definition) is 5. The number of aryl methyl sites for hydroxylation is 1. The molecule has 0 bridgehead atoms. The molecular formula is C23H30N2O5S. The summed E-state index contributed by atoms with van der Waals surface area (Å²) in [5.74, 6) is 0.913. The molecule has 1 aliphatic rings. The van der Waals surface area contributed by atoms with Crippen molar-refractivity contribution in [1.29, 1.82) is 0 Å². The van der Waals surface area contributed by atoms with Crippen LogP contribution in [0.25, 0.3) is 0 Å². The molecule has 3 rings (SSSR count). The Morgan fingerprint density at radius 3 is 2.45 bits per heavy atom. The molecule has 168 valence electrons. The minimum atomic E-state index is -3.58. The number of rotatable bonds is 8. The van der Waals surface area contributed by atoms with Crippen LogP contribution in [0, 0.1) is 6.92 Å².